The van der Waals surface area contributed by atoms with Crippen LogP contribution in [0.2, 0.25) is 0 Å². The average molecular weight is 162 g/mol. The topological polar surface area (TPSA) is 25.8 Å². The van der Waals surface area contributed by atoms with Gasteiger partial charge in [0.15, 0.2) is 0 Å². The Morgan fingerprint density at radius 3 is 2.36 bits per heavy atom. The molecule has 0 bridgehead atoms. The van der Waals surface area contributed by atoms with E-state index in [1.54, 1.807) is 0 Å². The van der Waals surface area contributed by atoms with Gasteiger partial charge in [-0.2, -0.15) is 13.2 Å². The SMILES string of the molecule is Cc1ccnc(C(F)(F)F)n1. The minimum absolute atomic E-state index is 0.312. The van der Waals surface area contributed by atoms with Crippen LogP contribution in [-0.2, 0) is 6.18 Å². The van der Waals surface area contributed by atoms with Crippen molar-refractivity contribution in [3.05, 3.63) is 23.8 Å². The fourth-order valence-corrected chi connectivity index (χ4v) is 0.585. The Morgan fingerprint density at radius 1 is 1.36 bits per heavy atom. The Hall–Kier alpha value is -1.13. The second-order valence-electron chi connectivity index (χ2n) is 2.02. The summed E-state index contributed by atoms with van der Waals surface area (Å²) >= 11 is 0. The van der Waals surface area contributed by atoms with Gasteiger partial charge in [-0.05, 0) is 13.0 Å². The molecule has 0 saturated carbocycles. The molecule has 0 aliphatic rings. The van der Waals surface area contributed by atoms with E-state index in [2.05, 4.69) is 9.97 Å². The first kappa shape index (κ1) is 7.97. The van der Waals surface area contributed by atoms with Gasteiger partial charge in [0, 0.05) is 11.9 Å². The van der Waals surface area contributed by atoms with E-state index in [0.29, 0.717) is 5.69 Å². The summed E-state index contributed by atoms with van der Waals surface area (Å²) in [6.45, 7) is 1.48. The fourth-order valence-electron chi connectivity index (χ4n) is 0.585. The number of alkyl halides is 3. The van der Waals surface area contributed by atoms with Crippen LogP contribution >= 0.6 is 0 Å². The molecule has 1 rings (SSSR count). The van der Waals surface area contributed by atoms with E-state index < -0.39 is 12.0 Å². The molecule has 5 heteroatoms. The zero-order chi connectivity index (χ0) is 8.48. The quantitative estimate of drug-likeness (QED) is 0.581. The van der Waals surface area contributed by atoms with Gasteiger partial charge in [0.05, 0.1) is 0 Å². The highest BCUT2D eigenvalue weighted by Gasteiger charge is 2.34. The van der Waals surface area contributed by atoms with Gasteiger partial charge in [-0.3, -0.25) is 0 Å². The Labute approximate surface area is 61.1 Å². The maximum absolute atomic E-state index is 11.8. The molecule has 0 unspecified atom stereocenters. The third kappa shape index (κ3) is 1.89. The van der Waals surface area contributed by atoms with Gasteiger partial charge < -0.3 is 0 Å². The second-order valence-corrected chi connectivity index (χ2v) is 2.02. The summed E-state index contributed by atoms with van der Waals surface area (Å²) in [5, 5.41) is 0. The maximum atomic E-state index is 11.8. The zero-order valence-electron chi connectivity index (χ0n) is 5.68. The Bertz CT molecular complexity index is 256. The van der Waals surface area contributed by atoms with Crippen molar-refractivity contribution in [1.82, 2.24) is 9.97 Å². The molecule has 0 radical (unpaired) electrons. The van der Waals surface area contributed by atoms with Gasteiger partial charge in [-0.15, -0.1) is 0 Å². The highest BCUT2D eigenvalue weighted by Crippen LogP contribution is 2.25. The summed E-state index contributed by atoms with van der Waals surface area (Å²) in [6, 6.07) is 1.41. The summed E-state index contributed by atoms with van der Waals surface area (Å²) in [6.07, 6.45) is -3.35. The first-order valence-corrected chi connectivity index (χ1v) is 2.87. The summed E-state index contributed by atoms with van der Waals surface area (Å²) in [7, 11) is 0. The number of nitrogens with zero attached hydrogens (tertiary/aromatic N) is 2. The Balaban J connectivity index is 3.06. The summed E-state index contributed by atoms with van der Waals surface area (Å²) < 4.78 is 35.5. The van der Waals surface area contributed by atoms with Crippen molar-refractivity contribution in [3.63, 3.8) is 0 Å². The van der Waals surface area contributed by atoms with Crippen LogP contribution in [-0.4, -0.2) is 9.97 Å². The van der Waals surface area contributed by atoms with Gasteiger partial charge in [0.2, 0.25) is 5.82 Å². The van der Waals surface area contributed by atoms with Gasteiger partial charge >= 0.3 is 6.18 Å². The van der Waals surface area contributed by atoms with Crippen molar-refractivity contribution in [2.45, 2.75) is 13.1 Å². The van der Waals surface area contributed by atoms with Gasteiger partial charge in [0.25, 0.3) is 0 Å². The standard InChI is InChI=1S/C6H5F3N2/c1-4-2-3-10-5(11-4)6(7,8)9/h2-3H,1H3. The average Bonchev–Trinajstić information content (AvgIpc) is 1.86. The lowest BCUT2D eigenvalue weighted by atomic mass is 10.4. The lowest BCUT2D eigenvalue weighted by Crippen LogP contribution is -2.10. The highest BCUT2D eigenvalue weighted by atomic mass is 19.4. The first-order valence-electron chi connectivity index (χ1n) is 2.87. The van der Waals surface area contributed by atoms with Crippen LogP contribution in [0.4, 0.5) is 13.2 Å². The lowest BCUT2D eigenvalue weighted by molar-refractivity contribution is -0.145. The third-order valence-corrected chi connectivity index (χ3v) is 1.05. The molecular formula is C6H5F3N2. The van der Waals surface area contributed by atoms with Crippen LogP contribution in [0.5, 0.6) is 0 Å². The van der Waals surface area contributed by atoms with Crippen LogP contribution in [0.25, 0.3) is 0 Å². The molecule has 0 saturated heterocycles. The van der Waals surface area contributed by atoms with Crippen molar-refractivity contribution in [2.24, 2.45) is 0 Å². The van der Waals surface area contributed by atoms with Crippen LogP contribution in [0, 0.1) is 6.92 Å². The molecule has 1 aromatic rings. The Morgan fingerprint density at radius 2 is 2.00 bits per heavy atom. The van der Waals surface area contributed by atoms with Gasteiger partial charge in [-0.1, -0.05) is 0 Å². The van der Waals surface area contributed by atoms with E-state index in [9.17, 15) is 13.2 Å². The minimum atomic E-state index is -4.44. The smallest absolute Gasteiger partial charge is 0.233 e. The van der Waals surface area contributed by atoms with Crippen LogP contribution in [0.3, 0.4) is 0 Å². The zero-order valence-corrected chi connectivity index (χ0v) is 5.68. The number of aryl methyl sites for hydroxylation is 1. The largest absolute Gasteiger partial charge is 0.451 e. The molecule has 0 fully saturated rings. The monoisotopic (exact) mass is 162 g/mol. The molecule has 0 aliphatic carbocycles. The van der Waals surface area contributed by atoms with E-state index in [0.717, 1.165) is 6.20 Å². The molecule has 1 aromatic heterocycles. The van der Waals surface area contributed by atoms with Crippen LogP contribution in [0.1, 0.15) is 11.5 Å². The molecule has 0 N–H and O–H groups in total. The number of halogens is 3. The maximum Gasteiger partial charge on any atom is 0.451 e. The van der Waals surface area contributed by atoms with E-state index >= 15 is 0 Å². The third-order valence-electron chi connectivity index (χ3n) is 1.05. The summed E-state index contributed by atoms with van der Waals surface area (Å²) in [5.74, 6) is -1.09. The van der Waals surface area contributed by atoms with Crippen molar-refractivity contribution < 1.29 is 13.2 Å². The van der Waals surface area contributed by atoms with Crippen molar-refractivity contribution in [3.8, 4) is 0 Å². The predicted octanol–water partition coefficient (Wildman–Crippen LogP) is 1.80. The number of hydrogen-bond donors (Lipinski definition) is 0. The molecular weight excluding hydrogens is 157 g/mol. The summed E-state index contributed by atoms with van der Waals surface area (Å²) in [4.78, 5) is 6.28. The summed E-state index contributed by atoms with van der Waals surface area (Å²) in [5.41, 5.74) is 0.312. The number of aromatic nitrogens is 2. The molecule has 0 spiro atoms. The normalized spacial score (nSPS) is 11.6. The van der Waals surface area contributed by atoms with Gasteiger partial charge in [-0.25, -0.2) is 9.97 Å². The molecule has 0 amide bonds. The molecule has 11 heavy (non-hydrogen) atoms. The molecule has 0 aromatic carbocycles. The van der Waals surface area contributed by atoms with Crippen molar-refractivity contribution in [1.29, 1.82) is 0 Å². The van der Waals surface area contributed by atoms with Crippen LogP contribution < -0.4 is 0 Å². The van der Waals surface area contributed by atoms with Crippen molar-refractivity contribution >= 4 is 0 Å². The molecule has 2 nitrogen and oxygen atoms in total. The lowest BCUT2D eigenvalue weighted by Gasteiger charge is -2.03. The second kappa shape index (κ2) is 2.48. The molecule has 0 aliphatic heterocycles. The van der Waals surface area contributed by atoms with E-state index in [1.165, 1.54) is 13.0 Å². The van der Waals surface area contributed by atoms with E-state index in [-0.39, 0.29) is 0 Å². The van der Waals surface area contributed by atoms with E-state index in [1.807, 2.05) is 0 Å². The van der Waals surface area contributed by atoms with E-state index in [4.69, 9.17) is 0 Å². The van der Waals surface area contributed by atoms with Crippen LogP contribution in [0.15, 0.2) is 12.3 Å². The molecule has 60 valence electrons. The number of hydrogen-bond acceptors (Lipinski definition) is 2. The number of rotatable bonds is 0. The molecule has 1 heterocycles. The first-order chi connectivity index (χ1) is 5.00. The predicted molar refractivity (Wildman–Crippen MR) is 31.8 cm³/mol. The highest BCUT2D eigenvalue weighted by molar-refractivity contribution is 5.01. The Kier molecular flexibility index (Phi) is 1.80. The van der Waals surface area contributed by atoms with Crippen molar-refractivity contribution in [2.75, 3.05) is 0 Å². The van der Waals surface area contributed by atoms with Gasteiger partial charge in [0.1, 0.15) is 0 Å². The minimum Gasteiger partial charge on any atom is -0.233 e. The fraction of sp³-hybridized carbons (Fsp3) is 0.333. The molecule has 0 atom stereocenters.